The minimum atomic E-state index is -0.253. The Bertz CT molecular complexity index is 594. The van der Waals surface area contributed by atoms with E-state index in [4.69, 9.17) is 0 Å². The maximum atomic E-state index is 13.4. The Kier molecular flexibility index (Phi) is 3.28. The van der Waals surface area contributed by atoms with Crippen molar-refractivity contribution >= 4 is 5.82 Å². The minimum absolute atomic E-state index is 0.253. The summed E-state index contributed by atoms with van der Waals surface area (Å²) in [6.45, 7) is 5.72. The van der Waals surface area contributed by atoms with Crippen LogP contribution in [0.25, 0.3) is 11.3 Å². The molecule has 18 heavy (non-hydrogen) atoms. The van der Waals surface area contributed by atoms with Crippen LogP contribution in [0.5, 0.6) is 0 Å². The van der Waals surface area contributed by atoms with Crippen molar-refractivity contribution in [2.75, 3.05) is 12.4 Å². The van der Waals surface area contributed by atoms with Crippen molar-refractivity contribution in [2.24, 2.45) is 0 Å². The van der Waals surface area contributed by atoms with E-state index >= 15 is 0 Å². The highest BCUT2D eigenvalue weighted by Gasteiger charge is 2.12. The molecule has 0 atom stereocenters. The average molecular weight is 245 g/mol. The fraction of sp³-hybridized carbons (Fsp3) is 0.286. The van der Waals surface area contributed by atoms with Gasteiger partial charge in [-0.2, -0.15) is 0 Å². The Morgan fingerprint density at radius 2 is 1.83 bits per heavy atom. The summed E-state index contributed by atoms with van der Waals surface area (Å²) in [5, 5.41) is 3.04. The van der Waals surface area contributed by atoms with Gasteiger partial charge in [0.15, 0.2) is 0 Å². The van der Waals surface area contributed by atoms with E-state index < -0.39 is 0 Å². The quantitative estimate of drug-likeness (QED) is 0.882. The summed E-state index contributed by atoms with van der Waals surface area (Å²) in [7, 11) is 1.82. The summed E-state index contributed by atoms with van der Waals surface area (Å²) in [6.07, 6.45) is 0. The molecule has 0 saturated heterocycles. The van der Waals surface area contributed by atoms with Gasteiger partial charge in [0.25, 0.3) is 0 Å². The number of aromatic nitrogens is 2. The Hall–Kier alpha value is -1.97. The van der Waals surface area contributed by atoms with Crippen LogP contribution in [0.2, 0.25) is 0 Å². The van der Waals surface area contributed by atoms with E-state index in [-0.39, 0.29) is 5.82 Å². The lowest BCUT2D eigenvalue weighted by atomic mass is 10.0. The van der Waals surface area contributed by atoms with Gasteiger partial charge in [0.05, 0.1) is 5.69 Å². The Labute approximate surface area is 106 Å². The highest BCUT2D eigenvalue weighted by Crippen LogP contribution is 2.28. The number of hydrogen-bond acceptors (Lipinski definition) is 3. The van der Waals surface area contributed by atoms with Crippen LogP contribution in [0.4, 0.5) is 10.2 Å². The van der Waals surface area contributed by atoms with Crippen LogP contribution in [0.1, 0.15) is 17.0 Å². The molecule has 0 unspecified atom stereocenters. The largest absolute Gasteiger partial charge is 0.373 e. The van der Waals surface area contributed by atoms with Gasteiger partial charge in [-0.25, -0.2) is 14.4 Å². The Morgan fingerprint density at radius 3 is 2.50 bits per heavy atom. The number of nitrogens with zero attached hydrogens (tertiary/aromatic N) is 2. The second-order valence-electron chi connectivity index (χ2n) is 4.30. The van der Waals surface area contributed by atoms with E-state index in [9.17, 15) is 4.39 Å². The van der Waals surface area contributed by atoms with Crippen LogP contribution in [0, 0.1) is 26.6 Å². The molecule has 1 N–H and O–H groups in total. The third-order valence-electron chi connectivity index (χ3n) is 2.95. The molecule has 0 aliphatic heterocycles. The van der Waals surface area contributed by atoms with E-state index in [2.05, 4.69) is 15.3 Å². The van der Waals surface area contributed by atoms with Gasteiger partial charge in [0.2, 0.25) is 0 Å². The van der Waals surface area contributed by atoms with Crippen molar-refractivity contribution in [1.82, 2.24) is 9.97 Å². The zero-order valence-corrected chi connectivity index (χ0v) is 11.0. The molecular formula is C14H16FN3. The lowest BCUT2D eigenvalue weighted by Gasteiger charge is -2.12. The van der Waals surface area contributed by atoms with Crippen molar-refractivity contribution < 1.29 is 4.39 Å². The lowest BCUT2D eigenvalue weighted by Crippen LogP contribution is -2.03. The number of aryl methyl sites for hydroxylation is 2. The predicted octanol–water partition coefficient (Wildman–Crippen LogP) is 3.25. The first kappa shape index (κ1) is 12.5. The molecule has 94 valence electrons. The molecule has 0 fully saturated rings. The summed E-state index contributed by atoms with van der Waals surface area (Å²) in [6, 6.07) is 4.74. The van der Waals surface area contributed by atoms with Gasteiger partial charge < -0.3 is 5.32 Å². The second kappa shape index (κ2) is 4.72. The molecule has 0 bridgehead atoms. The summed E-state index contributed by atoms with van der Waals surface area (Å²) >= 11 is 0. The van der Waals surface area contributed by atoms with Crippen molar-refractivity contribution in [1.29, 1.82) is 0 Å². The third-order valence-corrected chi connectivity index (χ3v) is 2.95. The topological polar surface area (TPSA) is 37.8 Å². The van der Waals surface area contributed by atoms with Gasteiger partial charge in [-0.15, -0.1) is 0 Å². The standard InChI is InChI=1S/C14H16FN3/c1-8-5-6-11(15)7-12(8)13-9(2)14(16-4)18-10(3)17-13/h5-7H,1-4H3,(H,16,17,18). The molecule has 1 heterocycles. The highest BCUT2D eigenvalue weighted by atomic mass is 19.1. The van der Waals surface area contributed by atoms with Gasteiger partial charge in [-0.1, -0.05) is 6.07 Å². The predicted molar refractivity (Wildman–Crippen MR) is 71.2 cm³/mol. The summed E-state index contributed by atoms with van der Waals surface area (Å²) in [4.78, 5) is 8.75. The van der Waals surface area contributed by atoms with Crippen LogP contribution in [0.3, 0.4) is 0 Å². The Balaban J connectivity index is 2.70. The van der Waals surface area contributed by atoms with E-state index in [0.717, 1.165) is 28.2 Å². The molecule has 2 rings (SSSR count). The molecular weight excluding hydrogens is 229 g/mol. The van der Waals surface area contributed by atoms with Crippen LogP contribution in [0.15, 0.2) is 18.2 Å². The van der Waals surface area contributed by atoms with Crippen LogP contribution < -0.4 is 5.32 Å². The number of halogens is 1. The number of benzene rings is 1. The maximum absolute atomic E-state index is 13.4. The third kappa shape index (κ3) is 2.18. The molecule has 1 aromatic carbocycles. The zero-order chi connectivity index (χ0) is 13.3. The number of nitrogens with one attached hydrogen (secondary N) is 1. The van der Waals surface area contributed by atoms with Crippen molar-refractivity contribution in [2.45, 2.75) is 20.8 Å². The molecule has 0 saturated carbocycles. The maximum Gasteiger partial charge on any atom is 0.132 e. The summed E-state index contributed by atoms with van der Waals surface area (Å²) in [5.41, 5.74) is 3.52. The molecule has 4 heteroatoms. The van der Waals surface area contributed by atoms with Crippen LogP contribution >= 0.6 is 0 Å². The summed E-state index contributed by atoms with van der Waals surface area (Å²) in [5.74, 6) is 1.20. The molecule has 2 aromatic rings. The lowest BCUT2D eigenvalue weighted by molar-refractivity contribution is 0.628. The SMILES string of the molecule is CNc1nc(C)nc(-c2cc(F)ccc2C)c1C. The van der Waals surface area contributed by atoms with Crippen molar-refractivity contribution in [3.8, 4) is 11.3 Å². The molecule has 1 aromatic heterocycles. The van der Waals surface area contributed by atoms with Crippen molar-refractivity contribution in [3.05, 3.63) is 41.0 Å². The first-order valence-corrected chi connectivity index (χ1v) is 5.82. The zero-order valence-electron chi connectivity index (χ0n) is 11.0. The fourth-order valence-corrected chi connectivity index (χ4v) is 1.98. The molecule has 0 spiro atoms. The molecule has 0 radical (unpaired) electrons. The van der Waals surface area contributed by atoms with Crippen LogP contribution in [-0.2, 0) is 0 Å². The number of hydrogen-bond donors (Lipinski definition) is 1. The highest BCUT2D eigenvalue weighted by molar-refractivity contribution is 5.70. The fourth-order valence-electron chi connectivity index (χ4n) is 1.98. The molecule has 0 aliphatic carbocycles. The van der Waals surface area contributed by atoms with Gasteiger partial charge in [-0.05, 0) is 38.5 Å². The normalized spacial score (nSPS) is 10.5. The average Bonchev–Trinajstić information content (AvgIpc) is 2.35. The van der Waals surface area contributed by atoms with E-state index in [0.29, 0.717) is 5.82 Å². The van der Waals surface area contributed by atoms with Crippen molar-refractivity contribution in [3.63, 3.8) is 0 Å². The van der Waals surface area contributed by atoms with E-state index in [1.54, 1.807) is 6.07 Å². The first-order valence-electron chi connectivity index (χ1n) is 5.82. The van der Waals surface area contributed by atoms with Gasteiger partial charge in [0, 0.05) is 18.2 Å². The smallest absolute Gasteiger partial charge is 0.132 e. The molecule has 0 amide bonds. The van der Waals surface area contributed by atoms with Gasteiger partial charge in [-0.3, -0.25) is 0 Å². The number of rotatable bonds is 2. The number of anilines is 1. The molecule has 0 aliphatic rings. The molecule has 3 nitrogen and oxygen atoms in total. The van der Waals surface area contributed by atoms with Crippen LogP contribution in [-0.4, -0.2) is 17.0 Å². The monoisotopic (exact) mass is 245 g/mol. The van der Waals surface area contributed by atoms with E-state index in [1.165, 1.54) is 12.1 Å². The summed E-state index contributed by atoms with van der Waals surface area (Å²) < 4.78 is 13.4. The minimum Gasteiger partial charge on any atom is -0.373 e. The Morgan fingerprint density at radius 1 is 1.11 bits per heavy atom. The van der Waals surface area contributed by atoms with Gasteiger partial charge >= 0.3 is 0 Å². The second-order valence-corrected chi connectivity index (χ2v) is 4.30. The first-order chi connectivity index (χ1) is 8.52. The van der Waals surface area contributed by atoms with Gasteiger partial charge in [0.1, 0.15) is 17.5 Å². The van der Waals surface area contributed by atoms with E-state index in [1.807, 2.05) is 27.8 Å².